The highest BCUT2D eigenvalue weighted by molar-refractivity contribution is 7.13. The maximum atomic E-state index is 11.8. The summed E-state index contributed by atoms with van der Waals surface area (Å²) in [6, 6.07) is 0. The van der Waals surface area contributed by atoms with E-state index in [2.05, 4.69) is 4.98 Å². The third-order valence-electron chi connectivity index (χ3n) is 3.89. The summed E-state index contributed by atoms with van der Waals surface area (Å²) in [4.78, 5) is 17.0. The molecular formula is C15H23NO3S. The van der Waals surface area contributed by atoms with Crippen molar-refractivity contribution in [2.75, 3.05) is 13.7 Å². The van der Waals surface area contributed by atoms with Crippen LogP contribution in [0.3, 0.4) is 0 Å². The minimum absolute atomic E-state index is 0.299. The van der Waals surface area contributed by atoms with Gasteiger partial charge in [-0.05, 0) is 26.7 Å². The number of nitrogens with zero attached hydrogens (tertiary/aromatic N) is 1. The van der Waals surface area contributed by atoms with Crippen LogP contribution < -0.4 is 0 Å². The van der Waals surface area contributed by atoms with Crippen LogP contribution >= 0.6 is 11.3 Å². The number of aromatic nitrogens is 1. The molecule has 0 radical (unpaired) electrons. The Kier molecular flexibility index (Phi) is 5.16. The fraction of sp³-hybridized carbons (Fsp3) is 0.733. The molecule has 0 atom stereocenters. The van der Waals surface area contributed by atoms with Gasteiger partial charge in [-0.1, -0.05) is 25.7 Å². The molecule has 1 heterocycles. The average Bonchev–Trinajstić information content (AvgIpc) is 2.69. The van der Waals surface area contributed by atoms with Crippen molar-refractivity contribution in [2.45, 2.75) is 58.0 Å². The van der Waals surface area contributed by atoms with Crippen molar-refractivity contribution in [3.8, 4) is 0 Å². The minimum Gasteiger partial charge on any atom is -0.465 e. The number of carbonyl (C=O) groups is 1. The predicted molar refractivity (Wildman–Crippen MR) is 79.2 cm³/mol. The molecule has 112 valence electrons. The van der Waals surface area contributed by atoms with Crippen LogP contribution in [0, 0.1) is 6.92 Å². The normalized spacial score (nSPS) is 18.6. The van der Waals surface area contributed by atoms with Crippen molar-refractivity contribution in [1.82, 2.24) is 4.98 Å². The standard InChI is InChI=1S/C15H23NO3S/c1-4-19-15(9-7-5-6-8-10-15)14-16-11(2)12(20-14)13(17)18-3/h4-10H2,1-3H3. The number of aryl methyl sites for hydroxylation is 1. The Morgan fingerprint density at radius 2 is 1.95 bits per heavy atom. The fourth-order valence-corrected chi connectivity index (χ4v) is 4.05. The number of esters is 1. The summed E-state index contributed by atoms with van der Waals surface area (Å²) in [6.45, 7) is 4.56. The fourth-order valence-electron chi connectivity index (χ4n) is 2.87. The Balaban J connectivity index is 2.36. The molecule has 0 aliphatic heterocycles. The van der Waals surface area contributed by atoms with Crippen LogP contribution in [0.15, 0.2) is 0 Å². The molecule has 2 rings (SSSR count). The monoisotopic (exact) mass is 297 g/mol. The first kappa shape index (κ1) is 15.4. The highest BCUT2D eigenvalue weighted by atomic mass is 32.1. The Labute approximate surface area is 124 Å². The summed E-state index contributed by atoms with van der Waals surface area (Å²) in [5.74, 6) is -0.300. The predicted octanol–water partition coefficient (Wildman–Crippen LogP) is 3.82. The molecule has 1 fully saturated rings. The van der Waals surface area contributed by atoms with Crippen molar-refractivity contribution >= 4 is 17.3 Å². The lowest BCUT2D eigenvalue weighted by atomic mass is 9.95. The van der Waals surface area contributed by atoms with Gasteiger partial charge in [0, 0.05) is 6.61 Å². The van der Waals surface area contributed by atoms with Gasteiger partial charge >= 0.3 is 5.97 Å². The van der Waals surface area contributed by atoms with E-state index in [0.717, 1.165) is 36.4 Å². The number of hydrogen-bond acceptors (Lipinski definition) is 5. The van der Waals surface area contributed by atoms with E-state index in [1.165, 1.54) is 31.3 Å². The summed E-state index contributed by atoms with van der Waals surface area (Å²) in [5, 5.41) is 0.944. The lowest BCUT2D eigenvalue weighted by molar-refractivity contribution is -0.0560. The molecule has 4 nitrogen and oxygen atoms in total. The van der Waals surface area contributed by atoms with Gasteiger partial charge in [0.05, 0.1) is 12.8 Å². The van der Waals surface area contributed by atoms with Crippen LogP contribution in [-0.4, -0.2) is 24.7 Å². The van der Waals surface area contributed by atoms with Crippen LogP contribution in [0.4, 0.5) is 0 Å². The van der Waals surface area contributed by atoms with Crippen LogP contribution in [0.2, 0.25) is 0 Å². The van der Waals surface area contributed by atoms with Gasteiger partial charge in [0.15, 0.2) is 0 Å². The van der Waals surface area contributed by atoms with Gasteiger partial charge in [-0.2, -0.15) is 0 Å². The minimum atomic E-state index is -0.300. The lowest BCUT2D eigenvalue weighted by Gasteiger charge is -2.30. The molecule has 1 aliphatic carbocycles. The summed E-state index contributed by atoms with van der Waals surface area (Å²) in [6.07, 6.45) is 6.81. The first-order valence-electron chi connectivity index (χ1n) is 7.33. The van der Waals surface area contributed by atoms with E-state index in [1.54, 1.807) is 0 Å². The summed E-state index contributed by atoms with van der Waals surface area (Å²) >= 11 is 1.44. The molecule has 1 saturated carbocycles. The van der Waals surface area contributed by atoms with E-state index >= 15 is 0 Å². The highest BCUT2D eigenvalue weighted by Crippen LogP contribution is 2.42. The summed E-state index contributed by atoms with van der Waals surface area (Å²) in [5.41, 5.74) is 0.451. The molecule has 0 spiro atoms. The van der Waals surface area contributed by atoms with Crippen molar-refractivity contribution in [3.05, 3.63) is 15.6 Å². The van der Waals surface area contributed by atoms with Gasteiger partial charge in [0.25, 0.3) is 0 Å². The van der Waals surface area contributed by atoms with E-state index in [0.29, 0.717) is 11.5 Å². The van der Waals surface area contributed by atoms with Gasteiger partial charge < -0.3 is 9.47 Å². The molecule has 1 aromatic rings. The quantitative estimate of drug-likeness (QED) is 0.626. The smallest absolute Gasteiger partial charge is 0.349 e. The van der Waals surface area contributed by atoms with E-state index in [9.17, 15) is 4.79 Å². The number of methoxy groups -OCH3 is 1. The van der Waals surface area contributed by atoms with Crippen LogP contribution in [0.25, 0.3) is 0 Å². The van der Waals surface area contributed by atoms with Crippen LogP contribution in [0.1, 0.15) is 65.8 Å². The van der Waals surface area contributed by atoms with Crippen molar-refractivity contribution in [2.24, 2.45) is 0 Å². The molecule has 20 heavy (non-hydrogen) atoms. The largest absolute Gasteiger partial charge is 0.465 e. The van der Waals surface area contributed by atoms with E-state index in [1.807, 2.05) is 13.8 Å². The number of carbonyl (C=O) groups excluding carboxylic acids is 1. The van der Waals surface area contributed by atoms with Gasteiger partial charge in [-0.3, -0.25) is 0 Å². The van der Waals surface area contributed by atoms with Gasteiger partial charge in [0.2, 0.25) is 0 Å². The summed E-state index contributed by atoms with van der Waals surface area (Å²) < 4.78 is 10.9. The third-order valence-corrected chi connectivity index (χ3v) is 5.21. The zero-order chi connectivity index (χ0) is 14.6. The van der Waals surface area contributed by atoms with Crippen LogP contribution in [0.5, 0.6) is 0 Å². The van der Waals surface area contributed by atoms with E-state index < -0.39 is 0 Å². The van der Waals surface area contributed by atoms with Crippen LogP contribution in [-0.2, 0) is 15.1 Å². The Morgan fingerprint density at radius 1 is 1.30 bits per heavy atom. The number of ether oxygens (including phenoxy) is 2. The number of hydrogen-bond donors (Lipinski definition) is 0. The second-order valence-electron chi connectivity index (χ2n) is 5.27. The lowest BCUT2D eigenvalue weighted by Crippen LogP contribution is -2.29. The maximum absolute atomic E-state index is 11.8. The Hall–Kier alpha value is -0.940. The number of rotatable bonds is 4. The molecule has 0 amide bonds. The van der Waals surface area contributed by atoms with Gasteiger partial charge in [-0.15, -0.1) is 11.3 Å². The Morgan fingerprint density at radius 3 is 2.50 bits per heavy atom. The molecule has 0 N–H and O–H groups in total. The van der Waals surface area contributed by atoms with E-state index in [-0.39, 0.29) is 11.6 Å². The molecule has 5 heteroatoms. The maximum Gasteiger partial charge on any atom is 0.349 e. The summed E-state index contributed by atoms with van der Waals surface area (Å²) in [7, 11) is 1.41. The average molecular weight is 297 g/mol. The first-order chi connectivity index (χ1) is 9.63. The second kappa shape index (κ2) is 6.68. The molecular weight excluding hydrogens is 274 g/mol. The highest BCUT2D eigenvalue weighted by Gasteiger charge is 2.37. The SMILES string of the molecule is CCOC1(c2nc(C)c(C(=O)OC)s2)CCCCCC1. The molecule has 0 aromatic carbocycles. The molecule has 0 unspecified atom stereocenters. The third kappa shape index (κ3) is 3.04. The van der Waals surface area contributed by atoms with Gasteiger partial charge in [-0.25, -0.2) is 9.78 Å². The first-order valence-corrected chi connectivity index (χ1v) is 8.15. The molecule has 1 aromatic heterocycles. The zero-order valence-electron chi connectivity index (χ0n) is 12.5. The zero-order valence-corrected chi connectivity index (χ0v) is 13.3. The van der Waals surface area contributed by atoms with Crippen molar-refractivity contribution in [3.63, 3.8) is 0 Å². The van der Waals surface area contributed by atoms with Crippen molar-refractivity contribution in [1.29, 1.82) is 0 Å². The molecule has 0 bridgehead atoms. The second-order valence-corrected chi connectivity index (χ2v) is 6.27. The number of thiazole rings is 1. The molecule has 0 saturated heterocycles. The Bertz CT molecular complexity index is 462. The van der Waals surface area contributed by atoms with Gasteiger partial charge in [0.1, 0.15) is 15.5 Å². The topological polar surface area (TPSA) is 48.4 Å². The van der Waals surface area contributed by atoms with Crippen molar-refractivity contribution < 1.29 is 14.3 Å². The van der Waals surface area contributed by atoms with E-state index in [4.69, 9.17) is 9.47 Å². The molecule has 1 aliphatic rings.